The summed E-state index contributed by atoms with van der Waals surface area (Å²) in [7, 11) is 0. The van der Waals surface area contributed by atoms with Gasteiger partial charge in [-0.3, -0.25) is 14.2 Å². The lowest BCUT2D eigenvalue weighted by Gasteiger charge is -2.19. The van der Waals surface area contributed by atoms with Gasteiger partial charge >= 0.3 is 0 Å². The van der Waals surface area contributed by atoms with Crippen LogP contribution in [0.15, 0.2) is 82.4 Å². The maximum atomic E-state index is 13.1. The van der Waals surface area contributed by atoms with Crippen LogP contribution in [0.5, 0.6) is 0 Å². The highest BCUT2D eigenvalue weighted by Crippen LogP contribution is 2.30. The number of halogens is 1. The number of aromatic nitrogens is 3. The molecular formula is C30H30BrN5O2S. The van der Waals surface area contributed by atoms with E-state index >= 15 is 0 Å². The number of rotatable bonds is 7. The van der Waals surface area contributed by atoms with Crippen molar-refractivity contribution in [2.75, 3.05) is 17.2 Å². The van der Waals surface area contributed by atoms with E-state index in [1.807, 2.05) is 76.2 Å². The van der Waals surface area contributed by atoms with Crippen LogP contribution in [-0.4, -0.2) is 38.9 Å². The van der Waals surface area contributed by atoms with E-state index < -0.39 is 0 Å². The third-order valence-corrected chi connectivity index (χ3v) is 8.16. The van der Waals surface area contributed by atoms with Gasteiger partial charge in [-0.05, 0) is 65.4 Å². The van der Waals surface area contributed by atoms with Gasteiger partial charge in [0.2, 0.25) is 5.91 Å². The largest absolute Gasteiger partial charge is 0.345 e. The van der Waals surface area contributed by atoms with Crippen molar-refractivity contribution in [3.8, 4) is 5.69 Å². The first kappa shape index (κ1) is 27.1. The van der Waals surface area contributed by atoms with E-state index in [1.54, 1.807) is 0 Å². The standard InChI is InChI=1S/C30H30BrN5O2S/c1-30(2,3)22-10-8-21(9-11-22)28(38)32-18-26-33-34-29(36(26)24-14-12-23(31)13-15-24)39-19-27(37)35-17-16-20-6-4-5-7-25(20)35/h4-15H,16-19H2,1-3H3,(H,32,38). The second kappa shape index (κ2) is 11.4. The Morgan fingerprint density at radius 2 is 1.69 bits per heavy atom. The molecular weight excluding hydrogens is 574 g/mol. The molecule has 0 spiro atoms. The minimum Gasteiger partial charge on any atom is -0.345 e. The second-order valence-corrected chi connectivity index (χ2v) is 12.3. The average molecular weight is 605 g/mol. The lowest BCUT2D eigenvalue weighted by atomic mass is 9.87. The summed E-state index contributed by atoms with van der Waals surface area (Å²) in [6.45, 7) is 7.31. The summed E-state index contributed by atoms with van der Waals surface area (Å²) in [4.78, 5) is 27.9. The van der Waals surface area contributed by atoms with Crippen LogP contribution in [0.1, 0.15) is 48.1 Å². The summed E-state index contributed by atoms with van der Waals surface area (Å²) in [6, 6.07) is 23.5. The number of nitrogens with zero attached hydrogens (tertiary/aromatic N) is 4. The third-order valence-electron chi connectivity index (χ3n) is 6.72. The van der Waals surface area contributed by atoms with Crippen molar-refractivity contribution < 1.29 is 9.59 Å². The maximum Gasteiger partial charge on any atom is 0.251 e. The van der Waals surface area contributed by atoms with Gasteiger partial charge in [-0.1, -0.05) is 78.8 Å². The van der Waals surface area contributed by atoms with Gasteiger partial charge in [-0.15, -0.1) is 10.2 Å². The van der Waals surface area contributed by atoms with Crippen LogP contribution in [0, 0.1) is 0 Å². The number of carbonyl (C=O) groups is 2. The zero-order valence-electron chi connectivity index (χ0n) is 22.1. The second-order valence-electron chi connectivity index (χ2n) is 10.4. The van der Waals surface area contributed by atoms with Crippen LogP contribution in [0.3, 0.4) is 0 Å². The summed E-state index contributed by atoms with van der Waals surface area (Å²) < 4.78 is 2.84. The Kier molecular flexibility index (Phi) is 7.91. The van der Waals surface area contributed by atoms with E-state index in [4.69, 9.17) is 0 Å². The van der Waals surface area contributed by atoms with Crippen molar-refractivity contribution in [2.24, 2.45) is 0 Å². The van der Waals surface area contributed by atoms with E-state index in [0.717, 1.165) is 22.3 Å². The molecule has 2 amide bonds. The van der Waals surface area contributed by atoms with Crippen molar-refractivity contribution in [1.29, 1.82) is 0 Å². The van der Waals surface area contributed by atoms with Crippen LogP contribution in [-0.2, 0) is 23.2 Å². The molecule has 0 bridgehead atoms. The molecule has 0 radical (unpaired) electrons. The maximum absolute atomic E-state index is 13.1. The smallest absolute Gasteiger partial charge is 0.251 e. The zero-order chi connectivity index (χ0) is 27.6. The summed E-state index contributed by atoms with van der Waals surface area (Å²) in [6.07, 6.45) is 0.866. The number of amides is 2. The first-order chi connectivity index (χ1) is 18.7. The van der Waals surface area contributed by atoms with E-state index in [-0.39, 0.29) is 29.5 Å². The highest BCUT2D eigenvalue weighted by molar-refractivity contribution is 9.10. The average Bonchev–Trinajstić information content (AvgIpc) is 3.55. The molecule has 0 saturated carbocycles. The monoisotopic (exact) mass is 603 g/mol. The molecule has 0 unspecified atom stereocenters. The Morgan fingerprint density at radius 1 is 0.974 bits per heavy atom. The van der Waals surface area contributed by atoms with Crippen molar-refractivity contribution >= 4 is 45.2 Å². The molecule has 200 valence electrons. The zero-order valence-corrected chi connectivity index (χ0v) is 24.6. The van der Waals surface area contributed by atoms with Crippen molar-refractivity contribution in [3.63, 3.8) is 0 Å². The van der Waals surface area contributed by atoms with Gasteiger partial charge < -0.3 is 10.2 Å². The highest BCUT2D eigenvalue weighted by Gasteiger charge is 2.25. The van der Waals surface area contributed by atoms with Gasteiger partial charge in [0.15, 0.2) is 11.0 Å². The van der Waals surface area contributed by atoms with E-state index in [0.29, 0.717) is 23.1 Å². The van der Waals surface area contributed by atoms with Gasteiger partial charge in [0.1, 0.15) is 0 Å². The molecule has 1 aliphatic heterocycles. The lowest BCUT2D eigenvalue weighted by Crippen LogP contribution is -2.30. The topological polar surface area (TPSA) is 80.1 Å². The molecule has 1 aliphatic rings. The van der Waals surface area contributed by atoms with Gasteiger partial charge in [-0.2, -0.15) is 0 Å². The molecule has 0 saturated heterocycles. The number of anilines is 1. The van der Waals surface area contributed by atoms with Crippen molar-refractivity contribution in [2.45, 2.75) is 44.3 Å². The molecule has 1 N–H and O–H groups in total. The van der Waals surface area contributed by atoms with Crippen LogP contribution in [0.25, 0.3) is 5.69 Å². The Morgan fingerprint density at radius 3 is 2.41 bits per heavy atom. The minimum absolute atomic E-state index is 0.0176. The molecule has 0 aliphatic carbocycles. The van der Waals surface area contributed by atoms with Crippen LogP contribution in [0.4, 0.5) is 5.69 Å². The number of nitrogens with one attached hydrogen (secondary N) is 1. The van der Waals surface area contributed by atoms with E-state index in [9.17, 15) is 9.59 Å². The SMILES string of the molecule is CC(C)(C)c1ccc(C(=O)NCc2nnc(SCC(=O)N3CCc4ccccc43)n2-c2ccc(Br)cc2)cc1. The molecule has 1 aromatic heterocycles. The molecule has 0 fully saturated rings. The number of fused-ring (bicyclic) bond motifs is 1. The fraction of sp³-hybridized carbons (Fsp3) is 0.267. The van der Waals surface area contributed by atoms with Crippen LogP contribution < -0.4 is 10.2 Å². The molecule has 3 aromatic carbocycles. The van der Waals surface area contributed by atoms with Gasteiger partial charge in [-0.25, -0.2) is 0 Å². The van der Waals surface area contributed by atoms with Crippen LogP contribution >= 0.6 is 27.7 Å². The number of thioether (sulfide) groups is 1. The summed E-state index contributed by atoms with van der Waals surface area (Å²) in [5, 5.41) is 12.3. The molecule has 2 heterocycles. The van der Waals surface area contributed by atoms with Gasteiger partial charge in [0.25, 0.3) is 5.91 Å². The number of hydrogen-bond acceptors (Lipinski definition) is 5. The molecule has 4 aromatic rings. The van der Waals surface area contributed by atoms with E-state index in [2.05, 4.69) is 58.3 Å². The Hall–Kier alpha value is -3.43. The highest BCUT2D eigenvalue weighted by atomic mass is 79.9. The lowest BCUT2D eigenvalue weighted by molar-refractivity contribution is -0.116. The fourth-order valence-electron chi connectivity index (χ4n) is 4.54. The Balaban J connectivity index is 1.32. The summed E-state index contributed by atoms with van der Waals surface area (Å²) in [5.74, 6) is 0.662. The molecule has 5 rings (SSSR count). The summed E-state index contributed by atoms with van der Waals surface area (Å²) >= 11 is 4.83. The predicted octanol–water partition coefficient (Wildman–Crippen LogP) is 5.94. The predicted molar refractivity (Wildman–Crippen MR) is 159 cm³/mol. The molecule has 0 atom stereocenters. The first-order valence-corrected chi connectivity index (χ1v) is 14.6. The first-order valence-electron chi connectivity index (χ1n) is 12.8. The number of para-hydroxylation sites is 1. The molecule has 39 heavy (non-hydrogen) atoms. The summed E-state index contributed by atoms with van der Waals surface area (Å²) in [5.41, 5.74) is 4.80. The quantitative estimate of drug-likeness (QED) is 0.264. The van der Waals surface area contributed by atoms with Crippen molar-refractivity contribution in [1.82, 2.24) is 20.1 Å². The normalized spacial score (nSPS) is 12.9. The van der Waals surface area contributed by atoms with Gasteiger partial charge in [0.05, 0.1) is 12.3 Å². The molecule has 7 nitrogen and oxygen atoms in total. The Bertz CT molecular complexity index is 1490. The van der Waals surface area contributed by atoms with Crippen molar-refractivity contribution in [3.05, 3.63) is 99.8 Å². The number of carbonyl (C=O) groups excluding carboxylic acids is 2. The number of benzene rings is 3. The Labute approximate surface area is 241 Å². The van der Waals surface area contributed by atoms with Gasteiger partial charge in [0, 0.05) is 28.0 Å². The fourth-order valence-corrected chi connectivity index (χ4v) is 5.65. The van der Waals surface area contributed by atoms with E-state index in [1.165, 1.54) is 22.9 Å². The third kappa shape index (κ3) is 6.09. The minimum atomic E-state index is -0.183. The van der Waals surface area contributed by atoms with Crippen LogP contribution in [0.2, 0.25) is 0 Å². The number of hydrogen-bond donors (Lipinski definition) is 1. The molecule has 9 heteroatoms.